The maximum Gasteiger partial charge on any atom is 0.271 e. The number of nitrogens with two attached hydrogens (primary N) is 1. The second-order valence-corrected chi connectivity index (χ2v) is 5.55. The van der Waals surface area contributed by atoms with Gasteiger partial charge in [0, 0.05) is 17.8 Å². The molecule has 0 fully saturated rings. The third kappa shape index (κ3) is 5.95. The van der Waals surface area contributed by atoms with E-state index in [-0.39, 0.29) is 16.8 Å². The third-order valence-corrected chi connectivity index (χ3v) is 3.58. The first-order chi connectivity index (χ1) is 11.8. The Kier molecular flexibility index (Phi) is 7.66. The van der Waals surface area contributed by atoms with E-state index in [9.17, 15) is 15.2 Å². The first-order valence-electron chi connectivity index (χ1n) is 7.38. The number of non-ortho nitro benzene ring substituents is 1. The normalized spacial score (nSPS) is 12.1. The number of aliphatic hydroxyl groups is 1. The van der Waals surface area contributed by atoms with Crippen LogP contribution in [0.15, 0.2) is 48.5 Å². The maximum absolute atomic E-state index is 10.2. The summed E-state index contributed by atoms with van der Waals surface area (Å²) in [6.07, 6.45) is -0.660. The summed E-state index contributed by atoms with van der Waals surface area (Å²) in [4.78, 5) is 11.3. The highest BCUT2D eigenvalue weighted by Gasteiger charge is 2.17. The van der Waals surface area contributed by atoms with Gasteiger partial charge in [-0.3, -0.25) is 10.1 Å². The fraction of sp³-hybridized carbons (Fsp3) is 0.235. The lowest BCUT2D eigenvalue weighted by atomic mass is 10.2. The lowest BCUT2D eigenvalue weighted by molar-refractivity contribution is -0.384. The molecule has 2 atom stereocenters. The summed E-state index contributed by atoms with van der Waals surface area (Å²) >= 11 is 5.53. The van der Waals surface area contributed by atoms with Crippen molar-refractivity contribution in [3.63, 3.8) is 0 Å². The van der Waals surface area contributed by atoms with Crippen LogP contribution in [-0.2, 0) is 0 Å². The van der Waals surface area contributed by atoms with Crippen molar-refractivity contribution >= 4 is 28.7 Å². The zero-order valence-corrected chi connectivity index (χ0v) is 14.6. The largest absolute Gasteiger partial charge is 0.398 e. The van der Waals surface area contributed by atoms with Gasteiger partial charge in [-0.1, -0.05) is 29.8 Å². The van der Waals surface area contributed by atoms with Crippen LogP contribution >= 0.6 is 11.6 Å². The number of hydrogen-bond acceptors (Lipinski definition) is 6. The Morgan fingerprint density at radius 1 is 1.28 bits per heavy atom. The number of aliphatic hydroxyl groups excluding tert-OH is 1. The Morgan fingerprint density at radius 3 is 2.32 bits per heavy atom. The van der Waals surface area contributed by atoms with Gasteiger partial charge in [-0.2, -0.15) is 5.26 Å². The molecular formula is C17H19ClN4O3. The van der Waals surface area contributed by atoms with Crippen molar-refractivity contribution in [3.8, 4) is 6.07 Å². The van der Waals surface area contributed by atoms with E-state index in [1.807, 2.05) is 30.3 Å². The number of nitriles is 1. The van der Waals surface area contributed by atoms with Gasteiger partial charge >= 0.3 is 0 Å². The SMILES string of the molecule is CC(O)N(c1ccccc1)C(C)C#N.Nc1ccc([N+](=O)[O-])cc1Cl. The van der Waals surface area contributed by atoms with Gasteiger partial charge in [-0.05, 0) is 32.0 Å². The maximum atomic E-state index is 10.2. The molecule has 2 unspecified atom stereocenters. The Bertz CT molecular complexity index is 747. The van der Waals surface area contributed by atoms with Crippen LogP contribution < -0.4 is 10.6 Å². The van der Waals surface area contributed by atoms with Crippen LogP contribution in [-0.4, -0.2) is 22.3 Å². The highest BCUT2D eigenvalue weighted by Crippen LogP contribution is 2.23. The molecule has 2 aromatic carbocycles. The van der Waals surface area contributed by atoms with Crippen molar-refractivity contribution in [2.75, 3.05) is 10.6 Å². The average Bonchev–Trinajstić information content (AvgIpc) is 2.58. The highest BCUT2D eigenvalue weighted by atomic mass is 35.5. The fourth-order valence-electron chi connectivity index (χ4n) is 2.05. The zero-order chi connectivity index (χ0) is 19.0. The number of nitrogen functional groups attached to an aromatic ring is 1. The summed E-state index contributed by atoms with van der Waals surface area (Å²) in [6.45, 7) is 3.42. The minimum atomic E-state index is -0.660. The number of nitrogens with zero attached hydrogens (tertiary/aromatic N) is 3. The van der Waals surface area contributed by atoms with E-state index in [2.05, 4.69) is 6.07 Å². The molecule has 0 saturated carbocycles. The van der Waals surface area contributed by atoms with Crippen LogP contribution in [0.2, 0.25) is 5.02 Å². The molecule has 2 rings (SSSR count). The molecule has 0 amide bonds. The zero-order valence-electron chi connectivity index (χ0n) is 13.8. The minimum Gasteiger partial charge on any atom is -0.398 e. The number of para-hydroxylation sites is 1. The standard InChI is InChI=1S/C11H14N2O.C6H5ClN2O2/c1-9(8-12)13(10(2)14)11-6-4-3-5-7-11;7-5-3-4(9(10)11)1-2-6(5)8/h3-7,9-10,14H,1-2H3;1-3H,8H2. The van der Waals surface area contributed by atoms with Gasteiger partial charge in [-0.15, -0.1) is 0 Å². The molecule has 7 nitrogen and oxygen atoms in total. The van der Waals surface area contributed by atoms with E-state index < -0.39 is 11.2 Å². The minimum absolute atomic E-state index is 0.0517. The molecule has 132 valence electrons. The number of anilines is 2. The smallest absolute Gasteiger partial charge is 0.271 e. The van der Waals surface area contributed by atoms with E-state index >= 15 is 0 Å². The lowest BCUT2D eigenvalue weighted by Gasteiger charge is -2.29. The van der Waals surface area contributed by atoms with E-state index in [0.29, 0.717) is 5.69 Å². The van der Waals surface area contributed by atoms with Crippen molar-refractivity contribution < 1.29 is 10.0 Å². The number of nitro groups is 1. The van der Waals surface area contributed by atoms with Gasteiger partial charge in [0.05, 0.1) is 21.7 Å². The molecule has 0 aliphatic carbocycles. The van der Waals surface area contributed by atoms with Gasteiger partial charge in [0.15, 0.2) is 0 Å². The van der Waals surface area contributed by atoms with Gasteiger partial charge in [0.25, 0.3) is 5.69 Å². The van der Waals surface area contributed by atoms with E-state index in [1.165, 1.54) is 18.2 Å². The number of nitro benzene ring substituents is 1. The number of rotatable bonds is 4. The number of benzene rings is 2. The van der Waals surface area contributed by atoms with Crippen LogP contribution in [0, 0.1) is 21.4 Å². The molecule has 0 bridgehead atoms. The van der Waals surface area contributed by atoms with Gasteiger partial charge < -0.3 is 15.7 Å². The first-order valence-corrected chi connectivity index (χ1v) is 7.76. The monoisotopic (exact) mass is 362 g/mol. The van der Waals surface area contributed by atoms with Crippen LogP contribution in [0.3, 0.4) is 0 Å². The number of hydrogen-bond donors (Lipinski definition) is 2. The molecule has 0 aromatic heterocycles. The quantitative estimate of drug-likeness (QED) is 0.371. The number of halogens is 1. The third-order valence-electron chi connectivity index (χ3n) is 3.26. The molecule has 0 radical (unpaired) electrons. The van der Waals surface area contributed by atoms with Crippen LogP contribution in [0.5, 0.6) is 0 Å². The molecule has 0 aliphatic heterocycles. The van der Waals surface area contributed by atoms with E-state index in [1.54, 1.807) is 18.7 Å². The molecule has 0 heterocycles. The fourth-order valence-corrected chi connectivity index (χ4v) is 2.23. The van der Waals surface area contributed by atoms with Gasteiger partial charge in [0.2, 0.25) is 0 Å². The van der Waals surface area contributed by atoms with Crippen molar-refractivity contribution in [3.05, 3.63) is 63.7 Å². The lowest BCUT2D eigenvalue weighted by Crippen LogP contribution is -2.39. The molecule has 3 N–H and O–H groups in total. The van der Waals surface area contributed by atoms with Crippen molar-refractivity contribution in [1.82, 2.24) is 0 Å². The first kappa shape index (κ1) is 20.2. The summed E-state index contributed by atoms with van der Waals surface area (Å²) in [5.41, 5.74) is 6.49. The molecular weight excluding hydrogens is 344 g/mol. The topological polar surface area (TPSA) is 116 Å². The van der Waals surface area contributed by atoms with Gasteiger partial charge in [-0.25, -0.2) is 0 Å². The summed E-state index contributed by atoms with van der Waals surface area (Å²) < 4.78 is 0. The Labute approximate surface area is 151 Å². The van der Waals surface area contributed by atoms with Crippen molar-refractivity contribution in [2.24, 2.45) is 0 Å². The summed E-state index contributed by atoms with van der Waals surface area (Å²) in [6, 6.07) is 15.1. The van der Waals surface area contributed by atoms with E-state index in [0.717, 1.165) is 5.69 Å². The summed E-state index contributed by atoms with van der Waals surface area (Å²) in [5.74, 6) is 0. The molecule has 0 saturated heterocycles. The molecule has 0 spiro atoms. The van der Waals surface area contributed by atoms with Crippen molar-refractivity contribution in [1.29, 1.82) is 5.26 Å². The van der Waals surface area contributed by atoms with Gasteiger partial charge in [0.1, 0.15) is 12.3 Å². The van der Waals surface area contributed by atoms with Crippen molar-refractivity contribution in [2.45, 2.75) is 26.1 Å². The summed E-state index contributed by atoms with van der Waals surface area (Å²) in [5, 5.41) is 28.7. The molecule has 0 aliphatic rings. The Morgan fingerprint density at radius 2 is 1.88 bits per heavy atom. The predicted molar refractivity (Wildman–Crippen MR) is 98.2 cm³/mol. The van der Waals surface area contributed by atoms with E-state index in [4.69, 9.17) is 22.6 Å². The Hall–Kier alpha value is -2.82. The van der Waals surface area contributed by atoms with Crippen LogP contribution in [0.4, 0.5) is 17.1 Å². The summed E-state index contributed by atoms with van der Waals surface area (Å²) in [7, 11) is 0. The molecule has 25 heavy (non-hydrogen) atoms. The second kappa shape index (κ2) is 9.47. The molecule has 8 heteroatoms. The average molecular weight is 363 g/mol. The second-order valence-electron chi connectivity index (χ2n) is 5.14. The molecule has 2 aromatic rings. The van der Waals surface area contributed by atoms with Crippen LogP contribution in [0.25, 0.3) is 0 Å². The Balaban J connectivity index is 0.000000257. The van der Waals surface area contributed by atoms with Crippen LogP contribution in [0.1, 0.15) is 13.8 Å². The predicted octanol–water partition coefficient (Wildman–Crippen LogP) is 3.57. The highest BCUT2D eigenvalue weighted by molar-refractivity contribution is 6.33.